The fraction of sp³-hybridized carbons (Fsp3) is 0.688. The van der Waals surface area contributed by atoms with Crippen LogP contribution in [0.25, 0.3) is 0 Å². The van der Waals surface area contributed by atoms with Crippen LogP contribution in [-0.2, 0) is 12.1 Å². The van der Waals surface area contributed by atoms with Crippen LogP contribution in [-0.4, -0.2) is 33.6 Å². The number of nitrogens with zero attached hydrogens (tertiary/aromatic N) is 2. The number of nitrogens with one attached hydrogen (secondary N) is 2. The van der Waals surface area contributed by atoms with Crippen molar-refractivity contribution >= 4 is 6.03 Å². The molecule has 0 aromatic carbocycles. The third kappa shape index (κ3) is 4.03. The minimum absolute atomic E-state index is 0.109. The van der Waals surface area contributed by atoms with Gasteiger partial charge in [-0.1, -0.05) is 13.3 Å². The molecule has 2 heterocycles. The predicted molar refractivity (Wildman–Crippen MR) is 88.5 cm³/mol. The maximum absolute atomic E-state index is 12.2. The monoisotopic (exact) mass is 322 g/mol. The Morgan fingerprint density at radius 3 is 2.65 bits per heavy atom. The number of H-pyrrole nitrogens is 1. The van der Waals surface area contributed by atoms with Gasteiger partial charge in [0.05, 0.1) is 12.1 Å². The molecule has 128 valence electrons. The first-order valence-corrected chi connectivity index (χ1v) is 8.10. The lowest BCUT2D eigenvalue weighted by molar-refractivity contribution is 0.206. The Morgan fingerprint density at radius 1 is 1.39 bits per heavy atom. The van der Waals surface area contributed by atoms with Crippen LogP contribution >= 0.6 is 0 Å². The average Bonchev–Trinajstić information content (AvgIpc) is 2.93. The van der Waals surface area contributed by atoms with Crippen molar-refractivity contribution in [2.24, 2.45) is 5.92 Å². The normalized spacial score (nSPS) is 18.3. The van der Waals surface area contributed by atoms with E-state index in [0.717, 1.165) is 25.9 Å². The van der Waals surface area contributed by atoms with Crippen LogP contribution in [0.5, 0.6) is 0 Å². The highest BCUT2D eigenvalue weighted by Gasteiger charge is 2.25. The maximum atomic E-state index is 12.2. The van der Waals surface area contributed by atoms with Gasteiger partial charge in [-0.2, -0.15) is 0 Å². The molecule has 2 amide bonds. The summed E-state index contributed by atoms with van der Waals surface area (Å²) < 4.78 is 1.47. The molecule has 2 rings (SSSR count). The van der Waals surface area contributed by atoms with Gasteiger partial charge < -0.3 is 10.2 Å². The van der Waals surface area contributed by atoms with Crippen LogP contribution < -0.4 is 16.6 Å². The summed E-state index contributed by atoms with van der Waals surface area (Å²) in [5, 5.41) is 2.78. The minimum Gasteiger partial charge on any atom is -0.334 e. The van der Waals surface area contributed by atoms with Crippen LogP contribution in [0.4, 0.5) is 4.79 Å². The third-order valence-corrected chi connectivity index (χ3v) is 4.32. The first-order valence-electron chi connectivity index (χ1n) is 8.10. The molecule has 0 aliphatic carbocycles. The van der Waals surface area contributed by atoms with Crippen molar-refractivity contribution in [2.45, 2.75) is 52.6 Å². The second-order valence-electron chi connectivity index (χ2n) is 7.12. The highest BCUT2D eigenvalue weighted by Crippen LogP contribution is 2.18. The molecule has 1 saturated heterocycles. The summed E-state index contributed by atoms with van der Waals surface area (Å²) in [7, 11) is 0. The lowest BCUT2D eigenvalue weighted by Crippen LogP contribution is -2.42. The highest BCUT2D eigenvalue weighted by molar-refractivity contribution is 5.74. The molecule has 0 bridgehead atoms. The second kappa shape index (κ2) is 6.60. The molecule has 0 radical (unpaired) electrons. The summed E-state index contributed by atoms with van der Waals surface area (Å²) in [6.45, 7) is 9.39. The van der Waals surface area contributed by atoms with E-state index in [-0.39, 0.29) is 12.6 Å². The molecule has 2 N–H and O–H groups in total. The molecule has 0 spiro atoms. The van der Waals surface area contributed by atoms with Crippen molar-refractivity contribution in [3.63, 3.8) is 0 Å². The summed E-state index contributed by atoms with van der Waals surface area (Å²) in [5.41, 5.74) is -0.964. The number of carbonyl (C=O) groups is 1. The van der Waals surface area contributed by atoms with Crippen molar-refractivity contribution in [3.8, 4) is 0 Å². The average molecular weight is 322 g/mol. The zero-order valence-electron chi connectivity index (χ0n) is 14.3. The number of aromatic nitrogens is 2. The second-order valence-corrected chi connectivity index (χ2v) is 7.12. The summed E-state index contributed by atoms with van der Waals surface area (Å²) >= 11 is 0. The first kappa shape index (κ1) is 17.3. The lowest BCUT2D eigenvalue weighted by Gasteiger charge is -2.22. The molecular formula is C16H26N4O3. The molecule has 0 saturated carbocycles. The molecule has 1 aromatic rings. The summed E-state index contributed by atoms with van der Waals surface area (Å²) in [4.78, 5) is 40.0. The zero-order valence-corrected chi connectivity index (χ0v) is 14.3. The molecule has 7 nitrogen and oxygen atoms in total. The molecule has 1 atom stereocenters. The van der Waals surface area contributed by atoms with Crippen molar-refractivity contribution in [3.05, 3.63) is 32.6 Å². The Bertz CT molecular complexity index is 684. The van der Waals surface area contributed by atoms with E-state index in [2.05, 4.69) is 17.2 Å². The zero-order chi connectivity index (χ0) is 17.2. The third-order valence-electron chi connectivity index (χ3n) is 4.32. The smallest absolute Gasteiger partial charge is 0.328 e. The SMILES string of the molecule is CCC1CCN(C(=O)NCc2cn(C(C)(C)C)c(=O)[nH]c2=O)C1. The van der Waals surface area contributed by atoms with E-state index in [1.165, 1.54) is 10.8 Å². The van der Waals surface area contributed by atoms with Crippen LogP contribution in [0.2, 0.25) is 0 Å². The number of rotatable bonds is 3. The summed E-state index contributed by atoms with van der Waals surface area (Å²) in [6.07, 6.45) is 3.62. The Labute approximate surface area is 135 Å². The van der Waals surface area contributed by atoms with E-state index in [4.69, 9.17) is 0 Å². The van der Waals surface area contributed by atoms with E-state index >= 15 is 0 Å². The van der Waals surface area contributed by atoms with Crippen molar-refractivity contribution in [2.75, 3.05) is 13.1 Å². The largest absolute Gasteiger partial charge is 0.334 e. The van der Waals surface area contributed by atoms with E-state index in [1.807, 2.05) is 20.8 Å². The molecule has 1 unspecified atom stereocenters. The predicted octanol–water partition coefficient (Wildman–Crippen LogP) is 1.23. The molecule has 1 fully saturated rings. The van der Waals surface area contributed by atoms with Gasteiger partial charge in [0.15, 0.2) is 0 Å². The van der Waals surface area contributed by atoms with E-state index in [0.29, 0.717) is 11.5 Å². The van der Waals surface area contributed by atoms with Crippen LogP contribution in [0.15, 0.2) is 15.8 Å². The van der Waals surface area contributed by atoms with Crippen molar-refractivity contribution in [1.29, 1.82) is 0 Å². The van der Waals surface area contributed by atoms with Gasteiger partial charge in [-0.3, -0.25) is 14.3 Å². The van der Waals surface area contributed by atoms with Crippen molar-refractivity contribution < 1.29 is 4.79 Å². The fourth-order valence-corrected chi connectivity index (χ4v) is 2.77. The minimum atomic E-state index is -0.455. The quantitative estimate of drug-likeness (QED) is 0.877. The standard InChI is InChI=1S/C16H26N4O3/c1-5-11-6-7-19(9-11)14(22)17-8-12-10-20(16(2,3)4)15(23)18-13(12)21/h10-11H,5-9H2,1-4H3,(H,17,22)(H,18,21,23). The van der Waals surface area contributed by atoms with Gasteiger partial charge in [0.25, 0.3) is 5.56 Å². The van der Waals surface area contributed by atoms with Gasteiger partial charge in [0.2, 0.25) is 0 Å². The van der Waals surface area contributed by atoms with Crippen molar-refractivity contribution in [1.82, 2.24) is 19.8 Å². The van der Waals surface area contributed by atoms with E-state index < -0.39 is 16.8 Å². The number of amides is 2. The molecule has 1 aliphatic rings. The molecule has 7 heteroatoms. The Morgan fingerprint density at radius 2 is 2.09 bits per heavy atom. The van der Waals surface area contributed by atoms with Gasteiger partial charge >= 0.3 is 11.7 Å². The number of carbonyl (C=O) groups excluding carboxylic acids is 1. The highest BCUT2D eigenvalue weighted by atomic mass is 16.2. The van der Waals surface area contributed by atoms with Gasteiger partial charge in [-0.25, -0.2) is 9.59 Å². The Balaban J connectivity index is 2.08. The van der Waals surface area contributed by atoms with E-state index in [9.17, 15) is 14.4 Å². The molecule has 1 aromatic heterocycles. The number of likely N-dealkylation sites (tertiary alicyclic amines) is 1. The van der Waals surface area contributed by atoms with Crippen LogP contribution in [0.1, 0.15) is 46.1 Å². The first-order chi connectivity index (χ1) is 10.7. The summed E-state index contributed by atoms with van der Waals surface area (Å²) in [6, 6.07) is -0.158. The topological polar surface area (TPSA) is 87.2 Å². The lowest BCUT2D eigenvalue weighted by atomic mass is 10.1. The Kier molecular flexibility index (Phi) is 4.97. The van der Waals surface area contributed by atoms with E-state index in [1.54, 1.807) is 4.90 Å². The van der Waals surface area contributed by atoms with Crippen LogP contribution in [0, 0.1) is 5.92 Å². The number of hydrogen-bond donors (Lipinski definition) is 2. The summed E-state index contributed by atoms with van der Waals surface area (Å²) in [5.74, 6) is 0.562. The number of hydrogen-bond acceptors (Lipinski definition) is 3. The molecule has 23 heavy (non-hydrogen) atoms. The maximum Gasteiger partial charge on any atom is 0.328 e. The Hall–Kier alpha value is -2.05. The number of urea groups is 1. The molecule has 1 aliphatic heterocycles. The van der Waals surface area contributed by atoms with Gasteiger partial charge in [0.1, 0.15) is 0 Å². The van der Waals surface area contributed by atoms with Gasteiger partial charge in [-0.15, -0.1) is 0 Å². The fourth-order valence-electron chi connectivity index (χ4n) is 2.77. The van der Waals surface area contributed by atoms with Crippen LogP contribution in [0.3, 0.4) is 0 Å². The van der Waals surface area contributed by atoms with Gasteiger partial charge in [0, 0.05) is 24.8 Å². The number of aromatic amines is 1. The molecular weight excluding hydrogens is 296 g/mol. The van der Waals surface area contributed by atoms with Gasteiger partial charge in [-0.05, 0) is 33.1 Å².